The number of rotatable bonds is 2. The van der Waals surface area contributed by atoms with Gasteiger partial charge in [0, 0.05) is 5.56 Å². The zero-order chi connectivity index (χ0) is 15.5. The minimum Gasteiger partial charge on any atom is -0.805 e. The van der Waals surface area contributed by atoms with Gasteiger partial charge in [0.15, 0.2) is 5.69 Å². The molecular weight excluding hydrogens is 280 g/mol. The topological polar surface area (TPSA) is 91.3 Å². The summed E-state index contributed by atoms with van der Waals surface area (Å²) in [6, 6.07) is 15.9. The number of aromatic nitrogens is 2. The molecule has 0 aliphatic heterocycles. The van der Waals surface area contributed by atoms with Crippen molar-refractivity contribution < 1.29 is 14.3 Å². The smallest absolute Gasteiger partial charge is 0.300 e. The van der Waals surface area contributed by atoms with Crippen LogP contribution < -0.4 is 15.5 Å². The minimum absolute atomic E-state index is 0.0749. The third-order valence-corrected chi connectivity index (χ3v) is 3.23. The molecule has 6 nitrogen and oxygen atoms in total. The standard InChI is InChI=1S/C16H14N4O2/c1-11-7-5-6-10-13(11)14-15(17)22-19-20(14)16(21)18-12-8-3-2-4-9-12/h2-10H,1H3,(H2-,17,18,19,21). The van der Waals surface area contributed by atoms with E-state index < -0.39 is 6.02 Å². The molecule has 0 spiro atoms. The van der Waals surface area contributed by atoms with Crippen LogP contribution >= 0.6 is 0 Å². The highest BCUT2D eigenvalue weighted by molar-refractivity contribution is 5.73. The monoisotopic (exact) mass is 294 g/mol. The van der Waals surface area contributed by atoms with Crippen molar-refractivity contribution in [3.63, 3.8) is 0 Å². The predicted molar refractivity (Wildman–Crippen MR) is 80.2 cm³/mol. The fourth-order valence-electron chi connectivity index (χ4n) is 2.15. The van der Waals surface area contributed by atoms with Gasteiger partial charge in [-0.2, -0.15) is 0 Å². The summed E-state index contributed by atoms with van der Waals surface area (Å²) < 4.78 is 6.05. The van der Waals surface area contributed by atoms with Gasteiger partial charge in [-0.1, -0.05) is 52.1 Å². The van der Waals surface area contributed by atoms with Gasteiger partial charge in [-0.3, -0.25) is 0 Å². The summed E-state index contributed by atoms with van der Waals surface area (Å²) >= 11 is 0. The van der Waals surface area contributed by atoms with Crippen LogP contribution in [0.2, 0.25) is 0 Å². The van der Waals surface area contributed by atoms with Gasteiger partial charge in [-0.25, -0.2) is 0 Å². The lowest BCUT2D eigenvalue weighted by Crippen LogP contribution is -2.53. The van der Waals surface area contributed by atoms with Gasteiger partial charge in [0.25, 0.3) is 5.88 Å². The lowest BCUT2D eigenvalue weighted by molar-refractivity contribution is -0.670. The van der Waals surface area contributed by atoms with Gasteiger partial charge in [0.1, 0.15) is 5.27 Å². The summed E-state index contributed by atoms with van der Waals surface area (Å²) in [4.78, 5) is 4.00. The normalized spacial score (nSPS) is 11.6. The highest BCUT2D eigenvalue weighted by Crippen LogP contribution is 2.24. The summed E-state index contributed by atoms with van der Waals surface area (Å²) in [5.74, 6) is 0.0749. The summed E-state index contributed by atoms with van der Waals surface area (Å²) in [7, 11) is 0. The van der Waals surface area contributed by atoms with Crippen LogP contribution in [-0.2, 0) is 0 Å². The summed E-state index contributed by atoms with van der Waals surface area (Å²) in [5.41, 5.74) is 8.51. The first-order chi connectivity index (χ1) is 10.7. The number of aliphatic imine (C=N–C) groups is 1. The van der Waals surface area contributed by atoms with E-state index in [0.717, 1.165) is 15.8 Å². The summed E-state index contributed by atoms with van der Waals surface area (Å²) in [5, 5.41) is 16.1. The Hall–Kier alpha value is -3.15. The quantitative estimate of drug-likeness (QED) is 0.439. The lowest BCUT2D eigenvalue weighted by atomic mass is 10.1. The number of benzene rings is 2. The Kier molecular flexibility index (Phi) is 3.57. The zero-order valence-corrected chi connectivity index (χ0v) is 11.9. The number of hydrogen-bond acceptors (Lipinski definition) is 5. The molecule has 0 aliphatic rings. The number of nitrogens with two attached hydrogens (primary N) is 1. The van der Waals surface area contributed by atoms with E-state index in [4.69, 9.17) is 10.3 Å². The van der Waals surface area contributed by atoms with Crippen LogP contribution in [0.3, 0.4) is 0 Å². The van der Waals surface area contributed by atoms with E-state index in [1.165, 1.54) is 0 Å². The third-order valence-electron chi connectivity index (χ3n) is 3.23. The number of nitrogens with zero attached hydrogens (tertiary/aromatic N) is 3. The lowest BCUT2D eigenvalue weighted by Gasteiger charge is -2.04. The maximum absolute atomic E-state index is 12.4. The molecule has 0 bridgehead atoms. The Morgan fingerprint density at radius 1 is 1.14 bits per heavy atom. The van der Waals surface area contributed by atoms with Crippen molar-refractivity contribution in [3.8, 4) is 11.3 Å². The van der Waals surface area contributed by atoms with E-state index in [9.17, 15) is 5.11 Å². The molecule has 2 aromatic carbocycles. The van der Waals surface area contributed by atoms with Crippen molar-refractivity contribution >= 4 is 17.6 Å². The number of hydrogen-bond donors (Lipinski definition) is 1. The van der Waals surface area contributed by atoms with Crippen molar-refractivity contribution in [2.75, 3.05) is 5.73 Å². The molecule has 0 fully saturated rings. The van der Waals surface area contributed by atoms with Crippen molar-refractivity contribution in [2.24, 2.45) is 4.99 Å². The molecule has 0 aliphatic carbocycles. The molecule has 0 radical (unpaired) electrons. The van der Waals surface area contributed by atoms with Crippen molar-refractivity contribution in [1.29, 1.82) is 0 Å². The fourth-order valence-corrected chi connectivity index (χ4v) is 2.15. The van der Waals surface area contributed by atoms with Gasteiger partial charge in [-0.05, 0) is 24.6 Å². The van der Waals surface area contributed by atoms with Crippen molar-refractivity contribution in [2.45, 2.75) is 6.92 Å². The first kappa shape index (κ1) is 13.8. The second-order valence-electron chi connectivity index (χ2n) is 4.74. The highest BCUT2D eigenvalue weighted by Gasteiger charge is 2.23. The maximum Gasteiger partial charge on any atom is 0.300 e. The molecule has 22 heavy (non-hydrogen) atoms. The van der Waals surface area contributed by atoms with E-state index in [0.29, 0.717) is 11.4 Å². The van der Waals surface area contributed by atoms with Gasteiger partial charge in [0.05, 0.1) is 0 Å². The molecule has 0 saturated heterocycles. The van der Waals surface area contributed by atoms with Gasteiger partial charge < -0.3 is 15.4 Å². The summed E-state index contributed by atoms with van der Waals surface area (Å²) in [6.45, 7) is 1.92. The Balaban J connectivity index is 2.10. The van der Waals surface area contributed by atoms with Crippen LogP contribution in [0.4, 0.5) is 11.6 Å². The number of anilines is 1. The molecule has 0 amide bonds. The van der Waals surface area contributed by atoms with Crippen LogP contribution in [0.5, 0.6) is 0 Å². The molecule has 0 atom stereocenters. The van der Waals surface area contributed by atoms with Crippen LogP contribution in [0.1, 0.15) is 5.56 Å². The predicted octanol–water partition coefficient (Wildman–Crippen LogP) is 1.42. The Morgan fingerprint density at radius 3 is 2.55 bits per heavy atom. The van der Waals surface area contributed by atoms with Crippen LogP contribution in [0, 0.1) is 6.92 Å². The van der Waals surface area contributed by atoms with E-state index in [1.807, 2.05) is 37.3 Å². The van der Waals surface area contributed by atoms with Crippen LogP contribution in [0.15, 0.2) is 64.1 Å². The van der Waals surface area contributed by atoms with E-state index >= 15 is 0 Å². The Morgan fingerprint density at radius 2 is 1.82 bits per heavy atom. The Bertz CT molecular complexity index is 825. The summed E-state index contributed by atoms with van der Waals surface area (Å²) in [6.07, 6.45) is 0. The molecular formula is C16H14N4O2. The molecule has 0 unspecified atom stereocenters. The first-order valence-corrected chi connectivity index (χ1v) is 6.71. The van der Waals surface area contributed by atoms with Crippen LogP contribution in [-0.4, -0.2) is 11.3 Å². The number of aryl methyl sites for hydroxylation is 1. The van der Waals surface area contributed by atoms with E-state index in [2.05, 4.69) is 10.3 Å². The molecule has 110 valence electrons. The third kappa shape index (κ3) is 2.54. The first-order valence-electron chi connectivity index (χ1n) is 6.71. The fraction of sp³-hybridized carbons (Fsp3) is 0.0625. The van der Waals surface area contributed by atoms with Crippen molar-refractivity contribution in [3.05, 3.63) is 60.2 Å². The van der Waals surface area contributed by atoms with Gasteiger partial charge in [0.2, 0.25) is 5.69 Å². The van der Waals surface area contributed by atoms with Gasteiger partial charge >= 0.3 is 6.02 Å². The largest absolute Gasteiger partial charge is 0.805 e. The Labute approximate surface area is 127 Å². The highest BCUT2D eigenvalue weighted by atomic mass is 16.5. The average Bonchev–Trinajstić information content (AvgIpc) is 2.90. The molecule has 3 aromatic rings. The SMILES string of the molecule is Cc1ccccc1-c1c(N)on[n+]1C([O-])=Nc1ccccc1. The number of nitrogen functional groups attached to an aromatic ring is 1. The van der Waals surface area contributed by atoms with E-state index in [1.54, 1.807) is 24.3 Å². The molecule has 3 rings (SSSR count). The molecule has 2 N–H and O–H groups in total. The average molecular weight is 294 g/mol. The molecule has 1 heterocycles. The molecule has 6 heteroatoms. The molecule has 1 aromatic heterocycles. The second-order valence-corrected chi connectivity index (χ2v) is 4.74. The zero-order valence-electron chi connectivity index (χ0n) is 11.9. The second kappa shape index (κ2) is 5.69. The molecule has 0 saturated carbocycles. The number of para-hydroxylation sites is 1. The van der Waals surface area contributed by atoms with Gasteiger partial charge in [-0.15, -0.1) is 0 Å². The minimum atomic E-state index is -0.565. The van der Waals surface area contributed by atoms with Crippen molar-refractivity contribution in [1.82, 2.24) is 5.27 Å². The van der Waals surface area contributed by atoms with Crippen LogP contribution in [0.25, 0.3) is 11.3 Å². The van der Waals surface area contributed by atoms with E-state index in [-0.39, 0.29) is 5.88 Å². The maximum atomic E-state index is 12.4.